The van der Waals surface area contributed by atoms with Gasteiger partial charge in [0, 0.05) is 77.6 Å². The van der Waals surface area contributed by atoms with E-state index in [-0.39, 0.29) is 5.54 Å². The molecule has 0 amide bonds. The van der Waals surface area contributed by atoms with Crippen LogP contribution in [-0.4, -0.2) is 109 Å². The van der Waals surface area contributed by atoms with Crippen molar-refractivity contribution in [3.8, 4) is 0 Å². The smallest absolute Gasteiger partial charge is 0.0457 e. The highest BCUT2D eigenvalue weighted by molar-refractivity contribution is 4.89. The van der Waals surface area contributed by atoms with Crippen molar-refractivity contribution in [2.24, 2.45) is 11.8 Å². The molecule has 0 aliphatic carbocycles. The molecule has 0 radical (unpaired) electrons. The highest BCUT2D eigenvalue weighted by atomic mass is 16.3. The zero-order chi connectivity index (χ0) is 19.2. The Hall–Kier alpha value is -0.200. The quantitative estimate of drug-likeness (QED) is 0.670. The molecule has 0 bridgehead atoms. The summed E-state index contributed by atoms with van der Waals surface area (Å²) in [5.41, 5.74) is 0.255. The third-order valence-corrected chi connectivity index (χ3v) is 6.18. The highest BCUT2D eigenvalue weighted by Crippen LogP contribution is 2.20. The Morgan fingerprint density at radius 1 is 0.808 bits per heavy atom. The first-order valence-corrected chi connectivity index (χ1v) is 10.8. The molecule has 2 rings (SSSR count). The summed E-state index contributed by atoms with van der Waals surface area (Å²) in [6.45, 7) is 25.1. The fraction of sp³-hybridized carbons (Fsp3) is 1.00. The summed E-state index contributed by atoms with van der Waals surface area (Å²) in [5.74, 6) is 1.20. The van der Waals surface area contributed by atoms with Crippen molar-refractivity contribution in [2.75, 3.05) is 78.6 Å². The molecule has 2 aliphatic rings. The Kier molecular flexibility index (Phi) is 8.81. The number of piperazine rings is 2. The molecule has 5 heteroatoms. The number of aliphatic hydroxyl groups excluding tert-OH is 1. The molecular weight excluding hydrogens is 324 g/mol. The normalized spacial score (nSPS) is 23.7. The molecule has 2 heterocycles. The monoisotopic (exact) mass is 368 g/mol. The molecule has 0 aromatic heterocycles. The van der Waals surface area contributed by atoms with E-state index in [2.05, 4.69) is 54.2 Å². The second-order valence-electron chi connectivity index (χ2n) is 9.69. The fourth-order valence-corrected chi connectivity index (χ4v) is 4.36. The van der Waals surface area contributed by atoms with Gasteiger partial charge in [0.2, 0.25) is 0 Å². The second-order valence-corrected chi connectivity index (χ2v) is 9.69. The maximum absolute atomic E-state index is 9.19. The molecule has 0 saturated carbocycles. The topological polar surface area (TPSA) is 33.2 Å². The predicted octanol–water partition coefficient (Wildman–Crippen LogP) is 1.67. The molecule has 1 N–H and O–H groups in total. The standard InChI is InChI=1S/C21H44N4O/c1-19(2)16-23-8-10-24(11-9-23)18-21(4,5)25-14-12-22(13-15-25)7-6-20(3)17-26/h19-20,26H,6-18H2,1-5H3. The van der Waals surface area contributed by atoms with E-state index in [4.69, 9.17) is 0 Å². The summed E-state index contributed by atoms with van der Waals surface area (Å²) < 4.78 is 0. The van der Waals surface area contributed by atoms with Crippen LogP contribution in [0, 0.1) is 11.8 Å². The van der Waals surface area contributed by atoms with E-state index in [9.17, 15) is 5.11 Å². The van der Waals surface area contributed by atoms with Gasteiger partial charge in [-0.3, -0.25) is 9.80 Å². The SMILES string of the molecule is CC(C)CN1CCN(CC(C)(C)N2CCN(CCC(C)CO)CC2)CC1. The number of aliphatic hydroxyl groups is 1. The van der Waals surface area contributed by atoms with E-state index < -0.39 is 0 Å². The van der Waals surface area contributed by atoms with Gasteiger partial charge in [0.25, 0.3) is 0 Å². The molecule has 1 unspecified atom stereocenters. The van der Waals surface area contributed by atoms with Crippen LogP contribution in [0.1, 0.15) is 41.0 Å². The Balaban J connectivity index is 1.70. The van der Waals surface area contributed by atoms with Crippen molar-refractivity contribution in [3.63, 3.8) is 0 Å². The summed E-state index contributed by atoms with van der Waals surface area (Å²) >= 11 is 0. The van der Waals surface area contributed by atoms with E-state index >= 15 is 0 Å². The minimum atomic E-state index is 0.255. The van der Waals surface area contributed by atoms with E-state index in [1.165, 1.54) is 65.4 Å². The second kappa shape index (κ2) is 10.4. The molecular formula is C21H44N4O. The molecule has 2 fully saturated rings. The molecule has 154 valence electrons. The fourth-order valence-electron chi connectivity index (χ4n) is 4.36. The van der Waals surface area contributed by atoms with Gasteiger partial charge in [0.05, 0.1) is 0 Å². The van der Waals surface area contributed by atoms with Crippen LogP contribution in [0.2, 0.25) is 0 Å². The van der Waals surface area contributed by atoms with Crippen LogP contribution in [0.25, 0.3) is 0 Å². The van der Waals surface area contributed by atoms with Crippen LogP contribution in [0.15, 0.2) is 0 Å². The number of nitrogens with zero attached hydrogens (tertiary/aromatic N) is 4. The van der Waals surface area contributed by atoms with Gasteiger partial charge in [-0.2, -0.15) is 0 Å². The zero-order valence-electron chi connectivity index (χ0n) is 18.1. The predicted molar refractivity (Wildman–Crippen MR) is 111 cm³/mol. The lowest BCUT2D eigenvalue weighted by Crippen LogP contribution is -2.60. The Morgan fingerprint density at radius 3 is 1.88 bits per heavy atom. The van der Waals surface area contributed by atoms with Crippen molar-refractivity contribution < 1.29 is 5.11 Å². The van der Waals surface area contributed by atoms with Crippen LogP contribution in [0.3, 0.4) is 0 Å². The van der Waals surface area contributed by atoms with Crippen LogP contribution < -0.4 is 0 Å². The minimum absolute atomic E-state index is 0.255. The average Bonchev–Trinajstić information content (AvgIpc) is 2.61. The first-order valence-electron chi connectivity index (χ1n) is 10.8. The molecule has 0 aromatic rings. The van der Waals surface area contributed by atoms with Crippen LogP contribution in [-0.2, 0) is 0 Å². The summed E-state index contributed by atoms with van der Waals surface area (Å²) in [6, 6.07) is 0. The number of hydrogen-bond donors (Lipinski definition) is 1. The molecule has 2 aliphatic heterocycles. The first-order chi connectivity index (χ1) is 12.3. The van der Waals surface area contributed by atoms with Crippen molar-refractivity contribution in [1.82, 2.24) is 19.6 Å². The maximum atomic E-state index is 9.19. The third kappa shape index (κ3) is 7.08. The van der Waals surface area contributed by atoms with Gasteiger partial charge >= 0.3 is 0 Å². The highest BCUT2D eigenvalue weighted by Gasteiger charge is 2.32. The Morgan fingerprint density at radius 2 is 1.35 bits per heavy atom. The molecule has 0 spiro atoms. The van der Waals surface area contributed by atoms with Gasteiger partial charge in [-0.25, -0.2) is 0 Å². The van der Waals surface area contributed by atoms with Gasteiger partial charge in [-0.1, -0.05) is 20.8 Å². The molecule has 26 heavy (non-hydrogen) atoms. The lowest BCUT2D eigenvalue weighted by atomic mass is 9.99. The van der Waals surface area contributed by atoms with Gasteiger partial charge < -0.3 is 14.9 Å². The molecule has 1 atom stereocenters. The van der Waals surface area contributed by atoms with Crippen molar-refractivity contribution in [3.05, 3.63) is 0 Å². The maximum Gasteiger partial charge on any atom is 0.0457 e. The summed E-state index contributed by atoms with van der Waals surface area (Å²) in [5, 5.41) is 9.19. The van der Waals surface area contributed by atoms with E-state index in [1.807, 2.05) is 0 Å². The lowest BCUT2D eigenvalue weighted by molar-refractivity contribution is 0.0142. The van der Waals surface area contributed by atoms with Gasteiger partial charge in [-0.05, 0) is 38.6 Å². The minimum Gasteiger partial charge on any atom is -0.396 e. The van der Waals surface area contributed by atoms with Crippen molar-refractivity contribution >= 4 is 0 Å². The molecule has 2 saturated heterocycles. The van der Waals surface area contributed by atoms with Crippen molar-refractivity contribution in [2.45, 2.75) is 46.6 Å². The summed E-state index contributed by atoms with van der Waals surface area (Å²) in [7, 11) is 0. The van der Waals surface area contributed by atoms with E-state index in [0.717, 1.165) is 18.9 Å². The Labute approximate surface area is 162 Å². The number of hydrogen-bond acceptors (Lipinski definition) is 5. The molecule has 5 nitrogen and oxygen atoms in total. The lowest BCUT2D eigenvalue weighted by Gasteiger charge is -2.47. The largest absolute Gasteiger partial charge is 0.396 e. The first kappa shape index (κ1) is 22.1. The summed E-state index contributed by atoms with van der Waals surface area (Å²) in [4.78, 5) is 10.6. The van der Waals surface area contributed by atoms with Crippen LogP contribution in [0.5, 0.6) is 0 Å². The van der Waals surface area contributed by atoms with Crippen LogP contribution >= 0.6 is 0 Å². The van der Waals surface area contributed by atoms with E-state index in [1.54, 1.807) is 0 Å². The zero-order valence-corrected chi connectivity index (χ0v) is 18.1. The van der Waals surface area contributed by atoms with Gasteiger partial charge in [0.15, 0.2) is 0 Å². The summed E-state index contributed by atoms with van der Waals surface area (Å²) in [6.07, 6.45) is 1.11. The molecule has 0 aromatic carbocycles. The average molecular weight is 369 g/mol. The number of rotatable bonds is 9. The van der Waals surface area contributed by atoms with Gasteiger partial charge in [-0.15, -0.1) is 0 Å². The van der Waals surface area contributed by atoms with Gasteiger partial charge in [0.1, 0.15) is 0 Å². The Bertz CT molecular complexity index is 385. The third-order valence-electron chi connectivity index (χ3n) is 6.18. The van der Waals surface area contributed by atoms with E-state index in [0.29, 0.717) is 12.5 Å². The van der Waals surface area contributed by atoms with Crippen LogP contribution in [0.4, 0.5) is 0 Å². The van der Waals surface area contributed by atoms with Crippen molar-refractivity contribution in [1.29, 1.82) is 0 Å².